The van der Waals surface area contributed by atoms with Crippen molar-refractivity contribution in [3.05, 3.63) is 0 Å². The van der Waals surface area contributed by atoms with Crippen LogP contribution in [-0.2, 0) is 9.59 Å². The number of carbonyl (C=O) groups excluding carboxylic acids is 1. The molecule has 7 heteroatoms. The number of carboxylic acids is 1. The Bertz CT molecular complexity index is 411. The predicted molar refractivity (Wildman–Crippen MR) is 91.2 cm³/mol. The third-order valence-electron chi connectivity index (χ3n) is 4.28. The van der Waals surface area contributed by atoms with E-state index in [0.29, 0.717) is 6.42 Å². The maximum Gasteiger partial charge on any atom is 0.389 e. The summed E-state index contributed by atoms with van der Waals surface area (Å²) < 4.78 is 38.5. The minimum Gasteiger partial charge on any atom is -0.480 e. The molecule has 1 N–H and O–H groups in total. The molecule has 0 aromatic carbocycles. The molecule has 0 rings (SSSR count). The van der Waals surface area contributed by atoms with Gasteiger partial charge in [-0.25, -0.2) is 4.79 Å². The summed E-state index contributed by atoms with van der Waals surface area (Å²) in [6.07, 6.45) is -0.969. The van der Waals surface area contributed by atoms with Gasteiger partial charge in [-0.1, -0.05) is 52.9 Å². The van der Waals surface area contributed by atoms with E-state index in [0.717, 1.165) is 30.6 Å². The first-order valence-electron chi connectivity index (χ1n) is 9.05. The Hall–Kier alpha value is -1.27. The molecule has 148 valence electrons. The van der Waals surface area contributed by atoms with Crippen LogP contribution in [0.15, 0.2) is 0 Å². The van der Waals surface area contributed by atoms with E-state index in [-0.39, 0.29) is 18.8 Å². The molecule has 0 aromatic rings. The number of rotatable bonds is 12. The van der Waals surface area contributed by atoms with Gasteiger partial charge in [0.25, 0.3) is 0 Å². The number of alkyl halides is 3. The average molecular weight is 367 g/mol. The number of hydrogen-bond acceptors (Lipinski definition) is 2. The Balaban J connectivity index is 5.00. The van der Waals surface area contributed by atoms with Crippen LogP contribution in [-0.4, -0.2) is 41.1 Å². The zero-order valence-corrected chi connectivity index (χ0v) is 15.7. The highest BCUT2D eigenvalue weighted by molar-refractivity contribution is 5.84. The average Bonchev–Trinajstić information content (AvgIpc) is 2.48. The first kappa shape index (κ1) is 23.7. The Labute approximate surface area is 148 Å². The molecule has 0 saturated heterocycles. The predicted octanol–water partition coefficient (Wildman–Crippen LogP) is 4.87. The van der Waals surface area contributed by atoms with E-state index in [1.54, 1.807) is 0 Å². The quantitative estimate of drug-likeness (QED) is 0.501. The first-order valence-corrected chi connectivity index (χ1v) is 9.05. The topological polar surface area (TPSA) is 57.6 Å². The Morgan fingerprint density at radius 2 is 1.64 bits per heavy atom. The molecular weight excluding hydrogens is 335 g/mol. The van der Waals surface area contributed by atoms with Gasteiger partial charge in [0.05, 0.1) is 6.42 Å². The SMILES string of the molecule is CCCCCCCC(CC(F)(F)F)C(=O)N(C)C(CC(C)C)C(=O)O. The van der Waals surface area contributed by atoms with Crippen molar-refractivity contribution < 1.29 is 27.9 Å². The molecule has 2 unspecified atom stereocenters. The summed E-state index contributed by atoms with van der Waals surface area (Å²) in [5, 5.41) is 9.31. The van der Waals surface area contributed by atoms with Crippen molar-refractivity contribution in [1.82, 2.24) is 4.90 Å². The van der Waals surface area contributed by atoms with E-state index < -0.39 is 36.4 Å². The van der Waals surface area contributed by atoms with Gasteiger partial charge in [0.2, 0.25) is 5.91 Å². The van der Waals surface area contributed by atoms with Crippen LogP contribution < -0.4 is 0 Å². The molecule has 0 aliphatic rings. The summed E-state index contributed by atoms with van der Waals surface area (Å²) in [6, 6.07) is -1.09. The van der Waals surface area contributed by atoms with Gasteiger partial charge in [0.1, 0.15) is 6.04 Å². The number of unbranched alkanes of at least 4 members (excludes halogenated alkanes) is 4. The number of hydrogen-bond donors (Lipinski definition) is 1. The smallest absolute Gasteiger partial charge is 0.389 e. The van der Waals surface area contributed by atoms with Gasteiger partial charge < -0.3 is 10.0 Å². The summed E-state index contributed by atoms with van der Waals surface area (Å²) in [5.41, 5.74) is 0. The third kappa shape index (κ3) is 10.3. The summed E-state index contributed by atoms with van der Waals surface area (Å²) in [7, 11) is 1.30. The Kier molecular flexibility index (Phi) is 10.8. The van der Waals surface area contributed by atoms with Gasteiger partial charge in [-0.15, -0.1) is 0 Å². The van der Waals surface area contributed by atoms with E-state index in [1.807, 2.05) is 20.8 Å². The lowest BCUT2D eigenvalue weighted by Crippen LogP contribution is -2.46. The molecule has 0 fully saturated rings. The third-order valence-corrected chi connectivity index (χ3v) is 4.28. The number of likely N-dealkylation sites (N-methyl/N-ethyl adjacent to an activating group) is 1. The van der Waals surface area contributed by atoms with Crippen LogP contribution in [0, 0.1) is 11.8 Å². The van der Waals surface area contributed by atoms with Crippen LogP contribution in [0.25, 0.3) is 0 Å². The molecule has 0 heterocycles. The number of carboxylic acid groups (broad SMARTS) is 1. The van der Waals surface area contributed by atoms with Crippen molar-refractivity contribution in [1.29, 1.82) is 0 Å². The number of amides is 1. The largest absolute Gasteiger partial charge is 0.480 e. The molecule has 0 spiro atoms. The maximum absolute atomic E-state index is 12.8. The molecule has 0 radical (unpaired) electrons. The van der Waals surface area contributed by atoms with Crippen LogP contribution in [0.2, 0.25) is 0 Å². The van der Waals surface area contributed by atoms with Crippen molar-refractivity contribution in [2.24, 2.45) is 11.8 Å². The molecule has 0 bridgehead atoms. The van der Waals surface area contributed by atoms with Crippen molar-refractivity contribution in [2.45, 2.75) is 84.4 Å². The van der Waals surface area contributed by atoms with Gasteiger partial charge in [-0.3, -0.25) is 4.79 Å². The molecule has 0 saturated carbocycles. The monoisotopic (exact) mass is 367 g/mol. The fourth-order valence-corrected chi connectivity index (χ4v) is 2.90. The van der Waals surface area contributed by atoms with E-state index in [9.17, 15) is 27.9 Å². The van der Waals surface area contributed by atoms with Crippen LogP contribution in [0.1, 0.15) is 72.1 Å². The lowest BCUT2D eigenvalue weighted by Gasteiger charge is -2.30. The second-order valence-corrected chi connectivity index (χ2v) is 7.15. The zero-order valence-electron chi connectivity index (χ0n) is 15.7. The van der Waals surface area contributed by atoms with E-state index in [4.69, 9.17) is 0 Å². The zero-order chi connectivity index (χ0) is 19.6. The highest BCUT2D eigenvalue weighted by atomic mass is 19.4. The van der Waals surface area contributed by atoms with E-state index in [2.05, 4.69) is 0 Å². The highest BCUT2D eigenvalue weighted by Gasteiger charge is 2.38. The Morgan fingerprint density at radius 1 is 1.08 bits per heavy atom. The Morgan fingerprint density at radius 3 is 2.08 bits per heavy atom. The summed E-state index contributed by atoms with van der Waals surface area (Å²) in [4.78, 5) is 24.9. The molecular formula is C18H32F3NO3. The second kappa shape index (κ2) is 11.4. The minimum atomic E-state index is -4.44. The first-order chi connectivity index (χ1) is 11.5. The van der Waals surface area contributed by atoms with Crippen molar-refractivity contribution in [3.8, 4) is 0 Å². The van der Waals surface area contributed by atoms with Crippen LogP contribution in [0.4, 0.5) is 13.2 Å². The number of nitrogens with zero attached hydrogens (tertiary/aromatic N) is 1. The number of carbonyl (C=O) groups is 2. The summed E-state index contributed by atoms with van der Waals surface area (Å²) >= 11 is 0. The molecule has 25 heavy (non-hydrogen) atoms. The lowest BCUT2D eigenvalue weighted by molar-refractivity contribution is -0.163. The summed E-state index contributed by atoms with van der Waals surface area (Å²) in [5.74, 6) is -3.09. The normalized spacial score (nSPS) is 14.4. The molecule has 0 aliphatic carbocycles. The van der Waals surface area contributed by atoms with Crippen molar-refractivity contribution in [3.63, 3.8) is 0 Å². The number of halogens is 3. The highest BCUT2D eigenvalue weighted by Crippen LogP contribution is 2.30. The molecule has 2 atom stereocenters. The molecule has 0 aliphatic heterocycles. The number of aliphatic carboxylic acids is 1. The second-order valence-electron chi connectivity index (χ2n) is 7.15. The van der Waals surface area contributed by atoms with Crippen molar-refractivity contribution >= 4 is 11.9 Å². The van der Waals surface area contributed by atoms with E-state index in [1.165, 1.54) is 7.05 Å². The molecule has 4 nitrogen and oxygen atoms in total. The lowest BCUT2D eigenvalue weighted by atomic mass is 9.94. The van der Waals surface area contributed by atoms with Crippen molar-refractivity contribution in [2.75, 3.05) is 7.05 Å². The fourth-order valence-electron chi connectivity index (χ4n) is 2.90. The van der Waals surface area contributed by atoms with Gasteiger partial charge >= 0.3 is 12.1 Å². The van der Waals surface area contributed by atoms with Gasteiger partial charge in [0, 0.05) is 13.0 Å². The van der Waals surface area contributed by atoms with Crippen LogP contribution >= 0.6 is 0 Å². The fraction of sp³-hybridized carbons (Fsp3) is 0.889. The molecule has 1 amide bonds. The minimum absolute atomic E-state index is 0.0199. The molecule has 0 aromatic heterocycles. The van der Waals surface area contributed by atoms with Gasteiger partial charge in [0.15, 0.2) is 0 Å². The van der Waals surface area contributed by atoms with Gasteiger partial charge in [-0.05, 0) is 18.8 Å². The van der Waals surface area contributed by atoms with Crippen LogP contribution in [0.3, 0.4) is 0 Å². The maximum atomic E-state index is 12.8. The van der Waals surface area contributed by atoms with E-state index >= 15 is 0 Å². The van der Waals surface area contributed by atoms with Gasteiger partial charge in [-0.2, -0.15) is 13.2 Å². The summed E-state index contributed by atoms with van der Waals surface area (Å²) in [6.45, 7) is 5.68. The standard InChI is InChI=1S/C18H32F3NO3/c1-5-6-7-8-9-10-14(12-18(19,20)21)16(23)22(4)15(17(24)25)11-13(2)3/h13-15H,5-12H2,1-4H3,(H,24,25). The van der Waals surface area contributed by atoms with Crippen LogP contribution in [0.5, 0.6) is 0 Å².